The van der Waals surface area contributed by atoms with E-state index in [4.69, 9.17) is 0 Å². The summed E-state index contributed by atoms with van der Waals surface area (Å²) in [7, 11) is 0. The van der Waals surface area contributed by atoms with Crippen molar-refractivity contribution in [2.75, 3.05) is 0 Å². The lowest BCUT2D eigenvalue weighted by Crippen LogP contribution is -2.24. The molecule has 0 spiro atoms. The van der Waals surface area contributed by atoms with Crippen molar-refractivity contribution in [3.63, 3.8) is 0 Å². The highest BCUT2D eigenvalue weighted by Crippen LogP contribution is 2.30. The van der Waals surface area contributed by atoms with Crippen molar-refractivity contribution in [3.05, 3.63) is 83.9 Å². The molecule has 122 valence electrons. The number of aliphatic imine (C=N–C) groups is 1. The van der Waals surface area contributed by atoms with Crippen LogP contribution in [0.4, 0.5) is 13.2 Å². The highest BCUT2D eigenvalue weighted by atomic mass is 19.4. The summed E-state index contributed by atoms with van der Waals surface area (Å²) >= 11 is 0. The summed E-state index contributed by atoms with van der Waals surface area (Å²) in [6.07, 6.45) is -4.50. The zero-order chi connectivity index (χ0) is 17.2. The molecule has 4 heteroatoms. The molecule has 0 saturated carbocycles. The molecule has 0 N–H and O–H groups in total. The molecule has 3 aromatic rings. The predicted octanol–water partition coefficient (Wildman–Crippen LogP) is 5.95. The molecule has 0 unspecified atom stereocenters. The number of benzene rings is 3. The Balaban J connectivity index is 2.10. The van der Waals surface area contributed by atoms with Crippen LogP contribution in [0.5, 0.6) is 0 Å². The number of alkyl halides is 3. The summed E-state index contributed by atoms with van der Waals surface area (Å²) in [6.45, 7) is 1.69. The maximum Gasteiger partial charge on any atom is 0.433 e. The van der Waals surface area contributed by atoms with Crippen LogP contribution in [0.1, 0.15) is 24.1 Å². The van der Waals surface area contributed by atoms with E-state index in [1.54, 1.807) is 25.1 Å². The second-order valence-corrected chi connectivity index (χ2v) is 5.59. The largest absolute Gasteiger partial charge is 0.433 e. The van der Waals surface area contributed by atoms with Gasteiger partial charge in [-0.1, -0.05) is 72.8 Å². The molecule has 0 amide bonds. The number of hydrogen-bond acceptors (Lipinski definition) is 1. The van der Waals surface area contributed by atoms with Crippen molar-refractivity contribution >= 4 is 16.5 Å². The third kappa shape index (κ3) is 3.32. The molecule has 0 radical (unpaired) electrons. The van der Waals surface area contributed by atoms with Gasteiger partial charge in [0.05, 0.1) is 6.04 Å². The quantitative estimate of drug-likeness (QED) is 0.527. The Morgan fingerprint density at radius 2 is 1.46 bits per heavy atom. The lowest BCUT2D eigenvalue weighted by molar-refractivity contribution is -0.0584. The van der Waals surface area contributed by atoms with Crippen molar-refractivity contribution in [1.82, 2.24) is 0 Å². The standard InChI is InChI=1S/C20H16F3N/c1-14(17-13-7-11-15-8-5-6-12-18(15)17)24-19(20(21,22)23)16-9-3-2-4-10-16/h2-14H,1H3/t14-/m0/s1. The summed E-state index contributed by atoms with van der Waals surface area (Å²) in [6, 6.07) is 20.4. The fourth-order valence-corrected chi connectivity index (χ4v) is 2.79. The van der Waals surface area contributed by atoms with Gasteiger partial charge in [0.15, 0.2) is 0 Å². The zero-order valence-electron chi connectivity index (χ0n) is 13.1. The zero-order valence-corrected chi connectivity index (χ0v) is 13.1. The van der Waals surface area contributed by atoms with Gasteiger partial charge in [-0.2, -0.15) is 13.2 Å². The van der Waals surface area contributed by atoms with Gasteiger partial charge in [-0.3, -0.25) is 4.99 Å². The number of nitrogens with zero attached hydrogens (tertiary/aromatic N) is 1. The van der Waals surface area contributed by atoms with E-state index in [1.165, 1.54) is 12.1 Å². The van der Waals surface area contributed by atoms with Gasteiger partial charge in [0, 0.05) is 5.56 Å². The topological polar surface area (TPSA) is 12.4 Å². The summed E-state index contributed by atoms with van der Waals surface area (Å²) in [5.74, 6) is 0. The third-order valence-electron chi connectivity index (χ3n) is 3.91. The molecule has 3 rings (SSSR count). The molecule has 0 saturated heterocycles. The fraction of sp³-hybridized carbons (Fsp3) is 0.150. The highest BCUT2D eigenvalue weighted by Gasteiger charge is 2.37. The van der Waals surface area contributed by atoms with Crippen molar-refractivity contribution < 1.29 is 13.2 Å². The average Bonchev–Trinajstić information content (AvgIpc) is 2.58. The maximum absolute atomic E-state index is 13.5. The van der Waals surface area contributed by atoms with Crippen LogP contribution in [-0.2, 0) is 0 Å². The van der Waals surface area contributed by atoms with E-state index in [0.29, 0.717) is 0 Å². The first-order chi connectivity index (χ1) is 11.5. The van der Waals surface area contributed by atoms with Gasteiger partial charge in [0.2, 0.25) is 0 Å². The first-order valence-corrected chi connectivity index (χ1v) is 7.65. The minimum Gasteiger partial charge on any atom is -0.272 e. The molecule has 1 atom stereocenters. The van der Waals surface area contributed by atoms with E-state index < -0.39 is 17.9 Å². The summed E-state index contributed by atoms with van der Waals surface area (Å²) in [5.41, 5.74) is 0.0198. The van der Waals surface area contributed by atoms with Crippen molar-refractivity contribution in [3.8, 4) is 0 Å². The van der Waals surface area contributed by atoms with Crippen LogP contribution in [-0.4, -0.2) is 11.9 Å². The highest BCUT2D eigenvalue weighted by molar-refractivity contribution is 6.04. The van der Waals surface area contributed by atoms with Crippen molar-refractivity contribution in [2.24, 2.45) is 4.99 Å². The molecule has 0 bridgehead atoms. The van der Waals surface area contributed by atoms with Crippen molar-refractivity contribution in [2.45, 2.75) is 19.1 Å². The molecule has 0 heterocycles. The molecular weight excluding hydrogens is 311 g/mol. The fourth-order valence-electron chi connectivity index (χ4n) is 2.79. The van der Waals surface area contributed by atoms with E-state index in [0.717, 1.165) is 16.3 Å². The molecule has 1 nitrogen and oxygen atoms in total. The second-order valence-electron chi connectivity index (χ2n) is 5.59. The Bertz CT molecular complexity index is 861. The molecule has 0 aliphatic heterocycles. The van der Waals surface area contributed by atoms with Gasteiger partial charge in [-0.15, -0.1) is 0 Å². The summed E-state index contributed by atoms with van der Waals surface area (Å²) < 4.78 is 40.4. The van der Waals surface area contributed by atoms with Gasteiger partial charge in [-0.25, -0.2) is 0 Å². The lowest BCUT2D eigenvalue weighted by atomic mass is 9.99. The van der Waals surface area contributed by atoms with Crippen LogP contribution in [0.3, 0.4) is 0 Å². The first kappa shape index (κ1) is 16.2. The second kappa shape index (κ2) is 6.48. The molecule has 0 aliphatic carbocycles. The lowest BCUT2D eigenvalue weighted by Gasteiger charge is -2.16. The van der Waals surface area contributed by atoms with Gasteiger partial charge in [0.25, 0.3) is 0 Å². The number of fused-ring (bicyclic) bond motifs is 1. The minimum atomic E-state index is -4.50. The Labute approximate surface area is 138 Å². The SMILES string of the molecule is C[C@H](N=C(c1ccccc1)C(F)(F)F)c1cccc2ccccc12. The van der Waals surface area contributed by atoms with Crippen LogP contribution in [0.2, 0.25) is 0 Å². The smallest absolute Gasteiger partial charge is 0.272 e. The monoisotopic (exact) mass is 327 g/mol. The van der Waals surface area contributed by atoms with Gasteiger partial charge >= 0.3 is 6.18 Å². The van der Waals surface area contributed by atoms with Crippen LogP contribution in [0.15, 0.2) is 77.8 Å². The molecule has 3 aromatic carbocycles. The van der Waals surface area contributed by atoms with E-state index in [-0.39, 0.29) is 5.56 Å². The molecular formula is C20H16F3N. The van der Waals surface area contributed by atoms with E-state index in [2.05, 4.69) is 4.99 Å². The number of hydrogen-bond donors (Lipinski definition) is 0. The first-order valence-electron chi connectivity index (χ1n) is 7.65. The van der Waals surface area contributed by atoms with E-state index in [1.807, 2.05) is 42.5 Å². The van der Waals surface area contributed by atoms with Gasteiger partial charge < -0.3 is 0 Å². The van der Waals surface area contributed by atoms with E-state index in [9.17, 15) is 13.2 Å². The normalized spacial score (nSPS) is 13.9. The third-order valence-corrected chi connectivity index (χ3v) is 3.91. The van der Waals surface area contributed by atoms with Crippen LogP contribution in [0, 0.1) is 0 Å². The Kier molecular flexibility index (Phi) is 4.38. The molecule has 0 fully saturated rings. The molecule has 0 aliphatic rings. The van der Waals surface area contributed by atoms with Crippen LogP contribution in [0.25, 0.3) is 10.8 Å². The van der Waals surface area contributed by atoms with Crippen molar-refractivity contribution in [1.29, 1.82) is 0 Å². The Hall–Kier alpha value is -2.62. The molecule has 0 aromatic heterocycles. The summed E-state index contributed by atoms with van der Waals surface area (Å²) in [5, 5.41) is 1.91. The number of halogens is 3. The summed E-state index contributed by atoms with van der Waals surface area (Å²) in [4.78, 5) is 4.03. The minimum absolute atomic E-state index is 0.0806. The predicted molar refractivity (Wildman–Crippen MR) is 91.4 cm³/mol. The Morgan fingerprint density at radius 1 is 0.833 bits per heavy atom. The average molecular weight is 327 g/mol. The number of rotatable bonds is 3. The van der Waals surface area contributed by atoms with E-state index >= 15 is 0 Å². The molecule has 24 heavy (non-hydrogen) atoms. The van der Waals surface area contributed by atoms with Crippen LogP contribution >= 0.6 is 0 Å². The maximum atomic E-state index is 13.5. The van der Waals surface area contributed by atoms with Gasteiger partial charge in [0.1, 0.15) is 5.71 Å². The van der Waals surface area contributed by atoms with Gasteiger partial charge in [-0.05, 0) is 23.3 Å². The van der Waals surface area contributed by atoms with Crippen LogP contribution < -0.4 is 0 Å². The Morgan fingerprint density at radius 3 is 2.17 bits per heavy atom.